The van der Waals surface area contributed by atoms with Gasteiger partial charge in [-0.15, -0.1) is 0 Å². The van der Waals surface area contributed by atoms with Gasteiger partial charge in [-0.2, -0.15) is 0 Å². The molecule has 2 N–H and O–H groups in total. The summed E-state index contributed by atoms with van der Waals surface area (Å²) < 4.78 is 0. The fraction of sp³-hybridized carbons (Fsp3) is 0.143. The highest BCUT2D eigenvalue weighted by Gasteiger charge is 2.12. The molecule has 0 fully saturated rings. The van der Waals surface area contributed by atoms with Crippen LogP contribution >= 0.6 is 0 Å². The molecule has 0 aliphatic carbocycles. The van der Waals surface area contributed by atoms with Gasteiger partial charge in [0.15, 0.2) is 11.2 Å². The molecule has 0 bridgehead atoms. The molecule has 24 heavy (non-hydrogen) atoms. The van der Waals surface area contributed by atoms with Crippen LogP contribution in [0.4, 0.5) is 5.69 Å². The summed E-state index contributed by atoms with van der Waals surface area (Å²) >= 11 is 0. The summed E-state index contributed by atoms with van der Waals surface area (Å²) in [5, 5.41) is 10.7. The number of aromatic nitrogens is 4. The van der Waals surface area contributed by atoms with E-state index in [4.69, 9.17) is 0 Å². The number of nitrogens with zero attached hydrogens (tertiary/aromatic N) is 4. The van der Waals surface area contributed by atoms with Crippen molar-refractivity contribution in [3.63, 3.8) is 0 Å². The Morgan fingerprint density at radius 1 is 1.33 bits per heavy atom. The largest absolute Gasteiger partial charge is 0.351 e. The minimum absolute atomic E-state index is 0.0418. The van der Waals surface area contributed by atoms with E-state index in [1.165, 1.54) is 23.4 Å². The SMILES string of the molecule is CN(C)C=O.O=c1[nH]cnc2nc(-c3cccc([N+](=O)[O-])c3)[nH]c12. The molecule has 0 atom stereocenters. The molecule has 3 rings (SSSR count). The van der Waals surface area contributed by atoms with Gasteiger partial charge in [0.05, 0.1) is 11.3 Å². The number of amides is 1. The van der Waals surface area contributed by atoms with Crippen LogP contribution in [0.3, 0.4) is 0 Å². The van der Waals surface area contributed by atoms with E-state index in [9.17, 15) is 19.7 Å². The average molecular weight is 330 g/mol. The molecule has 0 saturated heterocycles. The lowest BCUT2D eigenvalue weighted by Crippen LogP contribution is -2.06. The molecular weight excluding hydrogens is 316 g/mol. The predicted molar refractivity (Wildman–Crippen MR) is 86.4 cm³/mol. The van der Waals surface area contributed by atoms with Crippen LogP contribution in [0.5, 0.6) is 0 Å². The van der Waals surface area contributed by atoms with Gasteiger partial charge < -0.3 is 14.9 Å². The Morgan fingerprint density at radius 3 is 2.62 bits per heavy atom. The van der Waals surface area contributed by atoms with Gasteiger partial charge >= 0.3 is 0 Å². The Kier molecular flexibility index (Phi) is 5.00. The number of carbonyl (C=O) groups excluding carboxylic acids is 1. The summed E-state index contributed by atoms with van der Waals surface area (Å²) in [6.07, 6.45) is 2.00. The number of hydrogen-bond donors (Lipinski definition) is 2. The van der Waals surface area contributed by atoms with Gasteiger partial charge in [0, 0.05) is 31.8 Å². The molecular formula is C14H14N6O4. The van der Waals surface area contributed by atoms with E-state index in [-0.39, 0.29) is 22.4 Å². The summed E-state index contributed by atoms with van der Waals surface area (Å²) in [6.45, 7) is 0. The van der Waals surface area contributed by atoms with Crippen LogP contribution < -0.4 is 5.56 Å². The maximum Gasteiger partial charge on any atom is 0.276 e. The average Bonchev–Trinajstić information content (AvgIpc) is 3.01. The van der Waals surface area contributed by atoms with E-state index >= 15 is 0 Å². The van der Waals surface area contributed by atoms with E-state index in [1.807, 2.05) is 0 Å². The van der Waals surface area contributed by atoms with E-state index in [0.717, 1.165) is 6.41 Å². The second-order valence-electron chi connectivity index (χ2n) is 4.89. The Balaban J connectivity index is 0.000000368. The third kappa shape index (κ3) is 3.80. The van der Waals surface area contributed by atoms with Gasteiger partial charge in [-0.1, -0.05) is 12.1 Å². The molecule has 0 spiro atoms. The first-order valence-electron chi connectivity index (χ1n) is 6.72. The first-order chi connectivity index (χ1) is 11.4. The number of nitro groups is 1. The maximum atomic E-state index is 11.5. The zero-order valence-electron chi connectivity index (χ0n) is 12.9. The summed E-state index contributed by atoms with van der Waals surface area (Å²) in [7, 11) is 3.38. The van der Waals surface area contributed by atoms with Crippen molar-refractivity contribution in [1.29, 1.82) is 0 Å². The zero-order valence-corrected chi connectivity index (χ0v) is 12.9. The van der Waals surface area contributed by atoms with E-state index < -0.39 is 4.92 Å². The highest BCUT2D eigenvalue weighted by molar-refractivity contribution is 5.75. The first kappa shape index (κ1) is 16.8. The lowest BCUT2D eigenvalue weighted by atomic mass is 10.2. The highest BCUT2D eigenvalue weighted by atomic mass is 16.6. The Morgan fingerprint density at radius 2 is 2.04 bits per heavy atom. The van der Waals surface area contributed by atoms with Crippen LogP contribution in [-0.4, -0.2) is 50.3 Å². The van der Waals surface area contributed by atoms with Gasteiger partial charge in [-0.05, 0) is 0 Å². The molecule has 124 valence electrons. The quantitative estimate of drug-likeness (QED) is 0.416. The molecule has 1 aromatic carbocycles. The first-order valence-corrected chi connectivity index (χ1v) is 6.72. The summed E-state index contributed by atoms with van der Waals surface area (Å²) in [4.78, 5) is 45.9. The van der Waals surface area contributed by atoms with Gasteiger partial charge in [0.1, 0.15) is 5.82 Å². The molecule has 3 aromatic rings. The van der Waals surface area contributed by atoms with Crippen LogP contribution in [0.2, 0.25) is 0 Å². The van der Waals surface area contributed by atoms with Crippen LogP contribution in [-0.2, 0) is 4.79 Å². The van der Waals surface area contributed by atoms with Crippen molar-refractivity contribution < 1.29 is 9.72 Å². The number of nitro benzene ring substituents is 1. The minimum Gasteiger partial charge on any atom is -0.351 e. The summed E-state index contributed by atoms with van der Waals surface area (Å²) in [5.41, 5.74) is 0.648. The van der Waals surface area contributed by atoms with Crippen LogP contribution in [0.25, 0.3) is 22.6 Å². The second kappa shape index (κ2) is 7.13. The third-order valence-corrected chi connectivity index (χ3v) is 2.84. The number of imidazole rings is 1. The Labute approximate surface area is 135 Å². The predicted octanol–water partition coefficient (Wildman–Crippen LogP) is 0.926. The van der Waals surface area contributed by atoms with Crippen LogP contribution in [0.15, 0.2) is 35.4 Å². The molecule has 0 aliphatic rings. The van der Waals surface area contributed by atoms with Gasteiger partial charge in [-0.3, -0.25) is 19.7 Å². The highest BCUT2D eigenvalue weighted by Crippen LogP contribution is 2.22. The monoisotopic (exact) mass is 330 g/mol. The molecule has 0 aliphatic heterocycles. The number of hydrogen-bond acceptors (Lipinski definition) is 6. The smallest absolute Gasteiger partial charge is 0.276 e. The molecule has 0 radical (unpaired) electrons. The van der Waals surface area contributed by atoms with Crippen molar-refractivity contribution in [2.75, 3.05) is 14.1 Å². The van der Waals surface area contributed by atoms with Crippen molar-refractivity contribution >= 4 is 23.3 Å². The number of H-pyrrole nitrogens is 2. The Hall–Kier alpha value is -3.56. The minimum atomic E-state index is -0.489. The van der Waals surface area contributed by atoms with Crippen LogP contribution in [0.1, 0.15) is 0 Å². The standard InChI is InChI=1S/C11H7N5O3.C3H7NO/c17-11-8-10(12-5-13-11)15-9(14-8)6-2-1-3-7(4-6)16(18)19;1-4(2)3-5/h1-5H,(H2,12,13,14,15,17);3H,1-2H3. The number of benzene rings is 1. The lowest BCUT2D eigenvalue weighted by molar-refractivity contribution is -0.384. The van der Waals surface area contributed by atoms with Crippen LogP contribution in [0, 0.1) is 10.1 Å². The third-order valence-electron chi connectivity index (χ3n) is 2.84. The molecule has 10 heteroatoms. The maximum absolute atomic E-state index is 11.5. The Bertz CT molecular complexity index is 930. The van der Waals surface area contributed by atoms with E-state index in [1.54, 1.807) is 26.2 Å². The molecule has 10 nitrogen and oxygen atoms in total. The second-order valence-corrected chi connectivity index (χ2v) is 4.89. The normalized spacial score (nSPS) is 9.92. The number of non-ortho nitro benzene ring substituents is 1. The van der Waals surface area contributed by atoms with Gasteiger partial charge in [-0.25, -0.2) is 9.97 Å². The van der Waals surface area contributed by atoms with Crippen molar-refractivity contribution in [3.05, 3.63) is 51.1 Å². The molecule has 0 saturated carbocycles. The number of fused-ring (bicyclic) bond motifs is 1. The zero-order chi connectivity index (χ0) is 17.7. The van der Waals surface area contributed by atoms with E-state index in [0.29, 0.717) is 11.4 Å². The van der Waals surface area contributed by atoms with Crippen molar-refractivity contribution in [3.8, 4) is 11.4 Å². The topological polar surface area (TPSA) is 138 Å². The van der Waals surface area contributed by atoms with Gasteiger partial charge in [0.25, 0.3) is 11.2 Å². The van der Waals surface area contributed by atoms with Crippen molar-refractivity contribution in [1.82, 2.24) is 24.8 Å². The van der Waals surface area contributed by atoms with E-state index in [2.05, 4.69) is 19.9 Å². The lowest BCUT2D eigenvalue weighted by Gasteiger charge is -1.95. The molecule has 1 amide bonds. The summed E-state index contributed by atoms with van der Waals surface area (Å²) in [6, 6.07) is 5.99. The molecule has 0 unspecified atom stereocenters. The fourth-order valence-electron chi connectivity index (χ4n) is 1.74. The molecule has 2 aromatic heterocycles. The number of aromatic amines is 2. The van der Waals surface area contributed by atoms with Crippen molar-refractivity contribution in [2.45, 2.75) is 0 Å². The van der Waals surface area contributed by atoms with Gasteiger partial charge in [0.2, 0.25) is 6.41 Å². The van der Waals surface area contributed by atoms with Crippen molar-refractivity contribution in [2.24, 2.45) is 0 Å². The number of carbonyl (C=O) groups is 1. The fourth-order valence-corrected chi connectivity index (χ4v) is 1.74. The summed E-state index contributed by atoms with van der Waals surface area (Å²) in [5.74, 6) is 0.364. The number of rotatable bonds is 3. The molecule has 2 heterocycles. The number of nitrogens with one attached hydrogen (secondary N) is 2.